The van der Waals surface area contributed by atoms with Crippen LogP contribution in [-0.2, 0) is 0 Å². The van der Waals surface area contributed by atoms with E-state index in [9.17, 15) is 0 Å². The number of aromatic nitrogens is 1. The van der Waals surface area contributed by atoms with E-state index in [-0.39, 0.29) is 0 Å². The third-order valence-corrected chi connectivity index (χ3v) is 2.36. The van der Waals surface area contributed by atoms with Gasteiger partial charge in [0.1, 0.15) is 5.75 Å². The van der Waals surface area contributed by atoms with E-state index in [0.717, 1.165) is 5.75 Å². The van der Waals surface area contributed by atoms with Crippen molar-refractivity contribution in [3.05, 3.63) is 40.9 Å². The lowest BCUT2D eigenvalue weighted by Gasteiger charge is -2.04. The number of thiazole rings is 1. The van der Waals surface area contributed by atoms with E-state index in [1.165, 1.54) is 22.5 Å². The van der Waals surface area contributed by atoms with Gasteiger partial charge in [0, 0.05) is 0 Å². The van der Waals surface area contributed by atoms with Crippen molar-refractivity contribution < 1.29 is 4.74 Å². The van der Waals surface area contributed by atoms with Crippen LogP contribution in [0.1, 0.15) is 11.1 Å². The fraction of sp³-hybridized carbons (Fsp3) is 0.182. The first-order valence-electron chi connectivity index (χ1n) is 4.32. The molecule has 0 aliphatic rings. The Morgan fingerprint density at radius 2 is 1.93 bits per heavy atom. The molecule has 0 unspecified atom stereocenters. The van der Waals surface area contributed by atoms with Crippen LogP contribution >= 0.6 is 11.3 Å². The highest BCUT2D eigenvalue weighted by molar-refractivity contribution is 7.10. The van der Waals surface area contributed by atoms with E-state index in [1.807, 2.05) is 26.0 Å². The van der Waals surface area contributed by atoms with Gasteiger partial charge in [0.15, 0.2) is 0 Å². The second-order valence-corrected chi connectivity index (χ2v) is 3.96. The molecule has 0 saturated heterocycles. The predicted molar refractivity (Wildman–Crippen MR) is 56.9 cm³/mol. The molecule has 2 nitrogen and oxygen atoms in total. The molecule has 1 radical (unpaired) electrons. The zero-order valence-electron chi connectivity index (χ0n) is 8.07. The van der Waals surface area contributed by atoms with E-state index >= 15 is 0 Å². The second kappa shape index (κ2) is 3.80. The standard InChI is InChI=1S/C11H10NOS/c1-8-5-9(2)7-10(6-8)13-11-12-3-4-14-11/h3,5-7H,1-2H3. The summed E-state index contributed by atoms with van der Waals surface area (Å²) in [5.74, 6) is 0.839. The van der Waals surface area contributed by atoms with Gasteiger partial charge in [-0.25, -0.2) is 4.98 Å². The summed E-state index contributed by atoms with van der Waals surface area (Å²) in [7, 11) is 0. The monoisotopic (exact) mass is 204 g/mol. The van der Waals surface area contributed by atoms with Gasteiger partial charge in [0.2, 0.25) is 0 Å². The molecule has 0 atom stereocenters. The highest BCUT2D eigenvalue weighted by Gasteiger charge is 2.00. The van der Waals surface area contributed by atoms with Gasteiger partial charge < -0.3 is 4.74 Å². The first-order valence-corrected chi connectivity index (χ1v) is 5.14. The molecule has 1 aromatic heterocycles. The maximum absolute atomic E-state index is 5.56. The van der Waals surface area contributed by atoms with Crippen LogP contribution in [0, 0.1) is 19.2 Å². The molecule has 0 bridgehead atoms. The molecule has 0 saturated carbocycles. The molecule has 1 heterocycles. The number of aryl methyl sites for hydroxylation is 2. The molecular weight excluding hydrogens is 194 g/mol. The molecular formula is C11H10NOS. The van der Waals surface area contributed by atoms with Crippen molar-refractivity contribution in [1.82, 2.24) is 4.98 Å². The molecule has 14 heavy (non-hydrogen) atoms. The Hall–Kier alpha value is -1.35. The number of hydrogen-bond donors (Lipinski definition) is 0. The smallest absolute Gasteiger partial charge is 0.279 e. The Kier molecular flexibility index (Phi) is 2.50. The van der Waals surface area contributed by atoms with Gasteiger partial charge in [-0.05, 0) is 37.1 Å². The highest BCUT2D eigenvalue weighted by Crippen LogP contribution is 2.24. The third-order valence-electron chi connectivity index (χ3n) is 1.77. The van der Waals surface area contributed by atoms with Crippen molar-refractivity contribution in [2.24, 2.45) is 0 Å². The van der Waals surface area contributed by atoms with E-state index in [2.05, 4.69) is 16.4 Å². The molecule has 0 spiro atoms. The molecule has 2 aromatic rings. The Morgan fingerprint density at radius 1 is 1.21 bits per heavy atom. The van der Waals surface area contributed by atoms with Gasteiger partial charge >= 0.3 is 0 Å². The van der Waals surface area contributed by atoms with Gasteiger partial charge in [-0.15, -0.1) is 0 Å². The van der Waals surface area contributed by atoms with Crippen LogP contribution in [0.3, 0.4) is 0 Å². The third kappa shape index (κ3) is 2.12. The van der Waals surface area contributed by atoms with Crippen LogP contribution in [0.15, 0.2) is 24.4 Å². The summed E-state index contributed by atoms with van der Waals surface area (Å²) in [6.07, 6.45) is 1.61. The zero-order chi connectivity index (χ0) is 9.97. The van der Waals surface area contributed by atoms with Crippen LogP contribution in [-0.4, -0.2) is 4.98 Å². The maximum Gasteiger partial charge on any atom is 0.279 e. The van der Waals surface area contributed by atoms with E-state index in [4.69, 9.17) is 4.74 Å². The van der Waals surface area contributed by atoms with Crippen molar-refractivity contribution >= 4 is 11.3 Å². The number of ether oxygens (including phenoxy) is 1. The molecule has 71 valence electrons. The zero-order valence-corrected chi connectivity index (χ0v) is 8.89. The van der Waals surface area contributed by atoms with Crippen molar-refractivity contribution in [2.75, 3.05) is 0 Å². The van der Waals surface area contributed by atoms with Crippen LogP contribution in [0.25, 0.3) is 0 Å². The highest BCUT2D eigenvalue weighted by atomic mass is 32.1. The lowest BCUT2D eigenvalue weighted by Crippen LogP contribution is -1.85. The van der Waals surface area contributed by atoms with Crippen molar-refractivity contribution in [3.8, 4) is 10.9 Å². The number of nitrogens with zero attached hydrogens (tertiary/aromatic N) is 1. The van der Waals surface area contributed by atoms with Crippen molar-refractivity contribution in [2.45, 2.75) is 13.8 Å². The molecule has 3 heteroatoms. The molecule has 0 N–H and O–H groups in total. The Bertz CT molecular complexity index is 403. The summed E-state index contributed by atoms with van der Waals surface area (Å²) in [4.78, 5) is 4.01. The van der Waals surface area contributed by atoms with Gasteiger partial charge in [-0.2, -0.15) is 0 Å². The Labute approximate surface area is 87.2 Å². The minimum absolute atomic E-state index is 0.634. The fourth-order valence-electron chi connectivity index (χ4n) is 1.32. The van der Waals surface area contributed by atoms with Crippen LogP contribution in [0.5, 0.6) is 10.9 Å². The summed E-state index contributed by atoms with van der Waals surface area (Å²) < 4.78 is 5.56. The molecule has 0 aliphatic carbocycles. The summed E-state index contributed by atoms with van der Waals surface area (Å²) in [5, 5.41) is 3.52. The largest absolute Gasteiger partial charge is 0.431 e. The first-order chi connectivity index (χ1) is 6.74. The number of rotatable bonds is 2. The quantitative estimate of drug-likeness (QED) is 0.748. The van der Waals surface area contributed by atoms with Crippen LogP contribution in [0.2, 0.25) is 0 Å². The molecule has 0 fully saturated rings. The Morgan fingerprint density at radius 3 is 2.50 bits per heavy atom. The van der Waals surface area contributed by atoms with Gasteiger partial charge in [-0.3, -0.25) is 0 Å². The van der Waals surface area contributed by atoms with Gasteiger partial charge in [0.25, 0.3) is 5.19 Å². The average molecular weight is 204 g/mol. The Balaban J connectivity index is 2.25. The minimum Gasteiger partial charge on any atom is -0.431 e. The second-order valence-electron chi connectivity index (χ2n) is 3.17. The SMILES string of the molecule is Cc1cc(C)cc(Oc2nc[c]s2)c1. The first kappa shape index (κ1) is 9.21. The van der Waals surface area contributed by atoms with E-state index < -0.39 is 0 Å². The fourth-order valence-corrected chi connectivity index (χ4v) is 1.77. The van der Waals surface area contributed by atoms with Crippen molar-refractivity contribution in [3.63, 3.8) is 0 Å². The normalized spacial score (nSPS) is 10.1. The van der Waals surface area contributed by atoms with Crippen LogP contribution < -0.4 is 4.74 Å². The number of benzene rings is 1. The molecule has 0 amide bonds. The van der Waals surface area contributed by atoms with Gasteiger partial charge in [0.05, 0.1) is 11.6 Å². The van der Waals surface area contributed by atoms with Crippen LogP contribution in [0.4, 0.5) is 0 Å². The van der Waals surface area contributed by atoms with Gasteiger partial charge in [-0.1, -0.05) is 17.4 Å². The topological polar surface area (TPSA) is 22.1 Å². The van der Waals surface area contributed by atoms with E-state index in [1.54, 1.807) is 6.20 Å². The molecule has 0 aliphatic heterocycles. The predicted octanol–water partition coefficient (Wildman–Crippen LogP) is 3.35. The summed E-state index contributed by atoms with van der Waals surface area (Å²) >= 11 is 1.37. The molecule has 2 rings (SSSR count). The minimum atomic E-state index is 0.634. The average Bonchev–Trinajstić information content (AvgIpc) is 2.54. The molecule has 1 aromatic carbocycles. The summed E-state index contributed by atoms with van der Waals surface area (Å²) in [6.45, 7) is 4.10. The van der Waals surface area contributed by atoms with Crippen molar-refractivity contribution in [1.29, 1.82) is 0 Å². The lowest BCUT2D eigenvalue weighted by atomic mass is 10.1. The summed E-state index contributed by atoms with van der Waals surface area (Å²) in [6, 6.07) is 6.10. The summed E-state index contributed by atoms with van der Waals surface area (Å²) in [5.41, 5.74) is 2.39. The number of hydrogen-bond acceptors (Lipinski definition) is 3. The lowest BCUT2D eigenvalue weighted by molar-refractivity contribution is 0.478. The maximum atomic E-state index is 5.56. The van der Waals surface area contributed by atoms with E-state index in [0.29, 0.717) is 5.19 Å².